The van der Waals surface area contributed by atoms with Gasteiger partial charge < -0.3 is 15.2 Å². The monoisotopic (exact) mass is 441 g/mol. The number of hydrogen-bond donors (Lipinski definition) is 1. The number of methoxy groups -OCH3 is 2. The molecule has 3 aromatic carbocycles. The maximum atomic E-state index is 13.9. The minimum atomic E-state index is -1.22. The van der Waals surface area contributed by atoms with E-state index in [-0.39, 0.29) is 11.9 Å². The van der Waals surface area contributed by atoms with Crippen LogP contribution in [0.5, 0.6) is 11.5 Å². The summed E-state index contributed by atoms with van der Waals surface area (Å²) in [5.41, 5.74) is 12.0. The van der Waals surface area contributed by atoms with Crippen molar-refractivity contribution in [3.63, 3.8) is 0 Å². The molecule has 0 radical (unpaired) electrons. The van der Waals surface area contributed by atoms with Crippen LogP contribution in [0.3, 0.4) is 0 Å². The zero-order valence-corrected chi connectivity index (χ0v) is 19.3. The quantitative estimate of drug-likeness (QED) is 0.671. The maximum absolute atomic E-state index is 13.9. The van der Waals surface area contributed by atoms with Gasteiger partial charge in [-0.3, -0.25) is 9.69 Å². The summed E-state index contributed by atoms with van der Waals surface area (Å²) in [7, 11) is 5.01. The Labute approximate surface area is 193 Å². The van der Waals surface area contributed by atoms with Crippen LogP contribution in [0.25, 0.3) is 11.1 Å². The zero-order chi connectivity index (χ0) is 23.3. The van der Waals surface area contributed by atoms with Crippen molar-refractivity contribution >= 4 is 11.9 Å². The number of carbonyl (C=O) groups excluding carboxylic acids is 1. The third-order valence-corrected chi connectivity index (χ3v) is 6.95. The summed E-state index contributed by atoms with van der Waals surface area (Å²) in [6.07, 6.45) is 1.58. The highest BCUT2D eigenvalue weighted by atomic mass is 16.5. The minimum Gasteiger partial charge on any atom is -0.497 e. The molecule has 1 aliphatic carbocycles. The van der Waals surface area contributed by atoms with Gasteiger partial charge in [0, 0.05) is 7.05 Å². The normalized spacial score (nSPS) is 19.1. The van der Waals surface area contributed by atoms with Gasteiger partial charge >= 0.3 is 0 Å². The van der Waals surface area contributed by atoms with E-state index in [2.05, 4.69) is 18.2 Å². The number of hydrogen-bond acceptors (Lipinski definition) is 5. The molecule has 33 heavy (non-hydrogen) atoms. The van der Waals surface area contributed by atoms with Crippen molar-refractivity contribution in [2.45, 2.75) is 25.3 Å². The summed E-state index contributed by atoms with van der Waals surface area (Å²) in [4.78, 5) is 20.2. The maximum Gasteiger partial charge on any atom is 0.266 e. The second-order valence-electron chi connectivity index (χ2n) is 8.57. The largest absolute Gasteiger partial charge is 0.497 e. The van der Waals surface area contributed by atoms with Gasteiger partial charge in [-0.1, -0.05) is 30.3 Å². The van der Waals surface area contributed by atoms with Crippen molar-refractivity contribution < 1.29 is 14.3 Å². The van der Waals surface area contributed by atoms with Gasteiger partial charge in [0.05, 0.1) is 14.2 Å². The van der Waals surface area contributed by atoms with Gasteiger partial charge in [-0.05, 0) is 83.0 Å². The number of rotatable bonds is 3. The number of carbonyl (C=O) groups is 1. The van der Waals surface area contributed by atoms with Crippen LogP contribution in [0.2, 0.25) is 0 Å². The number of aryl methyl sites for hydroxylation is 1. The molecular formula is C27H27N3O3. The number of ether oxygens (including phenoxy) is 2. The number of guanidine groups is 1. The summed E-state index contributed by atoms with van der Waals surface area (Å²) >= 11 is 0. The van der Waals surface area contributed by atoms with Gasteiger partial charge in [-0.2, -0.15) is 0 Å². The SMILES string of the molecule is COc1cccc(-c2ccc3c(c2)C2(N=C(N)N(C)C2=O)c2ccc(OC)c(C)c2CC3)c1. The average Bonchev–Trinajstić information content (AvgIpc) is 2.98. The van der Waals surface area contributed by atoms with Crippen molar-refractivity contribution in [3.05, 3.63) is 82.4 Å². The molecule has 3 aromatic rings. The molecule has 0 bridgehead atoms. The Hall–Kier alpha value is -3.80. The summed E-state index contributed by atoms with van der Waals surface area (Å²) in [6.45, 7) is 2.04. The van der Waals surface area contributed by atoms with Crippen molar-refractivity contribution in [2.75, 3.05) is 21.3 Å². The molecule has 1 heterocycles. The molecule has 2 N–H and O–H groups in total. The van der Waals surface area contributed by atoms with E-state index in [0.29, 0.717) is 0 Å². The van der Waals surface area contributed by atoms with E-state index in [1.54, 1.807) is 21.3 Å². The average molecular weight is 442 g/mol. The Morgan fingerprint density at radius 3 is 2.45 bits per heavy atom. The fourth-order valence-electron chi connectivity index (χ4n) is 5.13. The lowest BCUT2D eigenvalue weighted by Crippen LogP contribution is -2.41. The highest BCUT2D eigenvalue weighted by molar-refractivity contribution is 6.09. The molecule has 0 aromatic heterocycles. The Morgan fingerprint density at radius 2 is 1.76 bits per heavy atom. The molecule has 6 nitrogen and oxygen atoms in total. The molecule has 0 fully saturated rings. The lowest BCUT2D eigenvalue weighted by Gasteiger charge is -2.29. The van der Waals surface area contributed by atoms with Crippen LogP contribution >= 0.6 is 0 Å². The van der Waals surface area contributed by atoms with Crippen molar-refractivity contribution in [2.24, 2.45) is 10.7 Å². The molecular weight excluding hydrogens is 414 g/mol. The first kappa shape index (κ1) is 21.1. The molecule has 0 saturated carbocycles. The van der Waals surface area contributed by atoms with Gasteiger partial charge in [0.1, 0.15) is 11.5 Å². The first-order valence-corrected chi connectivity index (χ1v) is 11.0. The molecule has 1 atom stereocenters. The van der Waals surface area contributed by atoms with Crippen LogP contribution in [0.15, 0.2) is 59.6 Å². The number of amides is 1. The molecule has 1 unspecified atom stereocenters. The van der Waals surface area contributed by atoms with E-state index in [1.165, 1.54) is 4.90 Å². The van der Waals surface area contributed by atoms with Crippen LogP contribution in [0.4, 0.5) is 0 Å². The van der Waals surface area contributed by atoms with Crippen LogP contribution in [0, 0.1) is 6.92 Å². The molecule has 5 rings (SSSR count). The van der Waals surface area contributed by atoms with Crippen molar-refractivity contribution in [1.82, 2.24) is 4.90 Å². The summed E-state index contributed by atoms with van der Waals surface area (Å²) in [6, 6.07) is 18.1. The highest BCUT2D eigenvalue weighted by Crippen LogP contribution is 2.47. The van der Waals surface area contributed by atoms with Crippen LogP contribution in [-0.4, -0.2) is 38.0 Å². The summed E-state index contributed by atoms with van der Waals surface area (Å²) in [5.74, 6) is 1.67. The fraction of sp³-hybridized carbons (Fsp3) is 0.259. The number of nitrogens with two attached hydrogens (primary N) is 1. The second-order valence-corrected chi connectivity index (χ2v) is 8.57. The van der Waals surface area contributed by atoms with E-state index in [1.807, 2.05) is 43.3 Å². The Balaban J connectivity index is 1.81. The van der Waals surface area contributed by atoms with Crippen LogP contribution in [0.1, 0.15) is 27.8 Å². The smallest absolute Gasteiger partial charge is 0.266 e. The fourth-order valence-corrected chi connectivity index (χ4v) is 5.13. The number of nitrogens with zero attached hydrogens (tertiary/aromatic N) is 2. The highest BCUT2D eigenvalue weighted by Gasteiger charge is 2.52. The van der Waals surface area contributed by atoms with E-state index >= 15 is 0 Å². The van der Waals surface area contributed by atoms with Crippen molar-refractivity contribution in [1.29, 1.82) is 0 Å². The number of aliphatic imine (C=N–C) groups is 1. The third-order valence-electron chi connectivity index (χ3n) is 6.95. The standard InChI is InChI=1S/C27H27N3O3/c1-16-21-11-10-17-8-9-19(18-6-5-7-20(14-18)32-3)15-23(17)27(22(21)12-13-24(16)33-4)25(31)30(2)26(28)29-27/h5-9,12-15H,10-11H2,1-4H3,(H2,28,29). The Kier molecular flexibility index (Phi) is 4.89. The summed E-state index contributed by atoms with van der Waals surface area (Å²) < 4.78 is 11.0. The van der Waals surface area contributed by atoms with Gasteiger partial charge in [-0.15, -0.1) is 0 Å². The van der Waals surface area contributed by atoms with Gasteiger partial charge in [-0.25, -0.2) is 4.99 Å². The predicted octanol–water partition coefficient (Wildman–Crippen LogP) is 3.81. The molecule has 1 aliphatic heterocycles. The Bertz CT molecular complexity index is 1310. The van der Waals surface area contributed by atoms with E-state index < -0.39 is 5.54 Å². The number of likely N-dealkylation sites (N-methyl/N-ethyl adjacent to an activating group) is 1. The lowest BCUT2D eigenvalue weighted by atomic mass is 9.78. The topological polar surface area (TPSA) is 77.2 Å². The predicted molar refractivity (Wildman–Crippen MR) is 129 cm³/mol. The molecule has 2 aliphatic rings. The van der Waals surface area contributed by atoms with Crippen LogP contribution in [-0.2, 0) is 23.2 Å². The molecule has 6 heteroatoms. The first-order chi connectivity index (χ1) is 15.9. The summed E-state index contributed by atoms with van der Waals surface area (Å²) in [5, 5.41) is 0. The van der Waals surface area contributed by atoms with E-state index in [0.717, 1.165) is 63.3 Å². The van der Waals surface area contributed by atoms with Crippen molar-refractivity contribution in [3.8, 4) is 22.6 Å². The number of fused-ring (bicyclic) bond motifs is 4. The first-order valence-electron chi connectivity index (χ1n) is 11.0. The van der Waals surface area contributed by atoms with E-state index in [9.17, 15) is 4.79 Å². The third kappa shape index (κ3) is 3.01. The Morgan fingerprint density at radius 1 is 0.970 bits per heavy atom. The molecule has 168 valence electrons. The molecule has 1 amide bonds. The lowest BCUT2D eigenvalue weighted by molar-refractivity contribution is -0.129. The minimum absolute atomic E-state index is 0.142. The van der Waals surface area contributed by atoms with Gasteiger partial charge in [0.2, 0.25) is 0 Å². The molecule has 0 saturated heterocycles. The van der Waals surface area contributed by atoms with Crippen LogP contribution < -0.4 is 15.2 Å². The van der Waals surface area contributed by atoms with E-state index in [4.69, 9.17) is 20.2 Å². The zero-order valence-electron chi connectivity index (χ0n) is 19.3. The molecule has 1 spiro atoms. The second kappa shape index (κ2) is 7.66. The van der Waals surface area contributed by atoms with Gasteiger partial charge in [0.15, 0.2) is 11.5 Å². The number of benzene rings is 3. The van der Waals surface area contributed by atoms with Gasteiger partial charge in [0.25, 0.3) is 5.91 Å².